The van der Waals surface area contributed by atoms with Crippen molar-refractivity contribution < 1.29 is 19.4 Å². The molecule has 0 aromatic heterocycles. The Morgan fingerprint density at radius 3 is 2.75 bits per heavy atom. The van der Waals surface area contributed by atoms with Crippen molar-refractivity contribution in [1.29, 1.82) is 0 Å². The SMILES string of the molecule is CC1(CCC(=O)O)CN(Cc2ccccc2)C(=O)CO1. The maximum absolute atomic E-state index is 11.9. The molecule has 20 heavy (non-hydrogen) atoms. The average molecular weight is 277 g/mol. The number of rotatable bonds is 5. The summed E-state index contributed by atoms with van der Waals surface area (Å²) in [6, 6.07) is 9.74. The van der Waals surface area contributed by atoms with Gasteiger partial charge in [0.05, 0.1) is 5.60 Å². The van der Waals surface area contributed by atoms with E-state index < -0.39 is 11.6 Å². The minimum atomic E-state index is -0.846. The van der Waals surface area contributed by atoms with Crippen LogP contribution in [0.15, 0.2) is 30.3 Å². The minimum absolute atomic E-state index is 0.0168. The van der Waals surface area contributed by atoms with Crippen molar-refractivity contribution in [3.05, 3.63) is 35.9 Å². The van der Waals surface area contributed by atoms with Crippen LogP contribution in [0, 0.1) is 0 Å². The molecule has 1 unspecified atom stereocenters. The molecule has 1 amide bonds. The lowest BCUT2D eigenvalue weighted by Gasteiger charge is -2.40. The maximum Gasteiger partial charge on any atom is 0.303 e. The molecule has 108 valence electrons. The van der Waals surface area contributed by atoms with E-state index in [0.29, 0.717) is 19.5 Å². The Bertz CT molecular complexity index is 488. The normalized spacial score (nSPS) is 22.9. The molecule has 1 atom stereocenters. The number of carbonyl (C=O) groups excluding carboxylic acids is 1. The van der Waals surface area contributed by atoms with E-state index in [9.17, 15) is 9.59 Å². The summed E-state index contributed by atoms with van der Waals surface area (Å²) in [4.78, 5) is 24.3. The van der Waals surface area contributed by atoms with Gasteiger partial charge >= 0.3 is 5.97 Å². The van der Waals surface area contributed by atoms with Crippen molar-refractivity contribution in [2.45, 2.75) is 31.9 Å². The van der Waals surface area contributed by atoms with E-state index in [1.54, 1.807) is 4.90 Å². The van der Waals surface area contributed by atoms with E-state index in [4.69, 9.17) is 9.84 Å². The van der Waals surface area contributed by atoms with Gasteiger partial charge in [-0.25, -0.2) is 0 Å². The number of hydrogen-bond acceptors (Lipinski definition) is 3. The van der Waals surface area contributed by atoms with Gasteiger partial charge in [0.1, 0.15) is 6.61 Å². The molecule has 1 aromatic carbocycles. The zero-order valence-electron chi connectivity index (χ0n) is 11.5. The van der Waals surface area contributed by atoms with Crippen molar-refractivity contribution in [3.8, 4) is 0 Å². The van der Waals surface area contributed by atoms with Crippen LogP contribution < -0.4 is 0 Å². The summed E-state index contributed by atoms with van der Waals surface area (Å²) in [5.74, 6) is -0.900. The zero-order chi connectivity index (χ0) is 14.6. The number of carboxylic acids is 1. The fourth-order valence-corrected chi connectivity index (χ4v) is 2.34. The van der Waals surface area contributed by atoms with Gasteiger partial charge in [0.15, 0.2) is 0 Å². The molecule has 1 aliphatic rings. The summed E-state index contributed by atoms with van der Waals surface area (Å²) in [5.41, 5.74) is 0.476. The quantitative estimate of drug-likeness (QED) is 0.889. The number of aliphatic carboxylic acids is 1. The van der Waals surface area contributed by atoms with E-state index in [0.717, 1.165) is 5.56 Å². The van der Waals surface area contributed by atoms with Crippen LogP contribution in [0.4, 0.5) is 0 Å². The van der Waals surface area contributed by atoms with Crippen molar-refractivity contribution in [2.75, 3.05) is 13.2 Å². The fourth-order valence-electron chi connectivity index (χ4n) is 2.34. The summed E-state index contributed by atoms with van der Waals surface area (Å²) in [6.07, 6.45) is 0.449. The number of morpholine rings is 1. The maximum atomic E-state index is 11.9. The summed E-state index contributed by atoms with van der Waals surface area (Å²) in [5, 5.41) is 8.78. The van der Waals surface area contributed by atoms with Gasteiger partial charge in [-0.15, -0.1) is 0 Å². The lowest BCUT2D eigenvalue weighted by Crippen LogP contribution is -2.52. The molecule has 0 radical (unpaired) electrons. The monoisotopic (exact) mass is 277 g/mol. The second-order valence-corrected chi connectivity index (χ2v) is 5.37. The first-order valence-electron chi connectivity index (χ1n) is 6.66. The summed E-state index contributed by atoms with van der Waals surface area (Å²) in [7, 11) is 0. The zero-order valence-corrected chi connectivity index (χ0v) is 11.5. The molecule has 5 nitrogen and oxygen atoms in total. The molecule has 1 fully saturated rings. The third-order valence-electron chi connectivity index (χ3n) is 3.51. The second kappa shape index (κ2) is 6.05. The summed E-state index contributed by atoms with van der Waals surface area (Å²) >= 11 is 0. The molecule has 1 saturated heterocycles. The highest BCUT2D eigenvalue weighted by atomic mass is 16.5. The van der Waals surface area contributed by atoms with Gasteiger partial charge in [0.25, 0.3) is 0 Å². The molecule has 0 bridgehead atoms. The van der Waals surface area contributed by atoms with Gasteiger partial charge in [0.2, 0.25) is 5.91 Å². The number of amides is 1. The van der Waals surface area contributed by atoms with Gasteiger partial charge in [-0.3, -0.25) is 9.59 Å². The van der Waals surface area contributed by atoms with Gasteiger partial charge in [-0.05, 0) is 18.9 Å². The van der Waals surface area contributed by atoms with Gasteiger partial charge in [-0.1, -0.05) is 30.3 Å². The number of nitrogens with zero attached hydrogens (tertiary/aromatic N) is 1. The van der Waals surface area contributed by atoms with Crippen molar-refractivity contribution >= 4 is 11.9 Å². The Kier molecular flexibility index (Phi) is 4.39. The largest absolute Gasteiger partial charge is 0.481 e. The van der Waals surface area contributed by atoms with Crippen LogP contribution in [-0.4, -0.2) is 40.6 Å². The molecule has 1 aliphatic heterocycles. The van der Waals surface area contributed by atoms with E-state index >= 15 is 0 Å². The summed E-state index contributed by atoms with van der Waals surface area (Å²) < 4.78 is 5.54. The Balaban J connectivity index is 2.01. The van der Waals surface area contributed by atoms with Crippen LogP contribution in [0.1, 0.15) is 25.3 Å². The molecule has 1 aromatic rings. The van der Waals surface area contributed by atoms with Crippen LogP contribution in [0.25, 0.3) is 0 Å². The standard InChI is InChI=1S/C15H19NO4/c1-15(8-7-14(18)19)11-16(13(17)10-20-15)9-12-5-3-2-4-6-12/h2-6H,7-11H2,1H3,(H,18,19). The minimum Gasteiger partial charge on any atom is -0.481 e. The molecule has 0 aliphatic carbocycles. The fraction of sp³-hybridized carbons (Fsp3) is 0.467. The molecule has 0 saturated carbocycles. The molecule has 1 N–H and O–H groups in total. The van der Waals surface area contributed by atoms with Crippen LogP contribution in [-0.2, 0) is 20.9 Å². The van der Waals surface area contributed by atoms with Crippen molar-refractivity contribution in [2.24, 2.45) is 0 Å². The number of carboxylic acid groups (broad SMARTS) is 1. The number of benzene rings is 1. The highest BCUT2D eigenvalue weighted by Gasteiger charge is 2.36. The van der Waals surface area contributed by atoms with E-state index in [-0.39, 0.29) is 18.9 Å². The van der Waals surface area contributed by atoms with E-state index in [1.165, 1.54) is 0 Å². The molecular formula is C15H19NO4. The van der Waals surface area contributed by atoms with Gasteiger partial charge in [0, 0.05) is 19.5 Å². The predicted octanol–water partition coefficient (Wildman–Crippen LogP) is 1.67. The third-order valence-corrected chi connectivity index (χ3v) is 3.51. The Labute approximate surface area is 118 Å². The van der Waals surface area contributed by atoms with Gasteiger partial charge < -0.3 is 14.7 Å². The Morgan fingerprint density at radius 2 is 2.10 bits per heavy atom. The number of hydrogen-bond donors (Lipinski definition) is 1. The van der Waals surface area contributed by atoms with Crippen molar-refractivity contribution in [3.63, 3.8) is 0 Å². The highest BCUT2D eigenvalue weighted by molar-refractivity contribution is 5.78. The Hall–Kier alpha value is -1.88. The molecule has 0 spiro atoms. The molecular weight excluding hydrogens is 258 g/mol. The molecule has 2 rings (SSSR count). The van der Waals surface area contributed by atoms with Crippen LogP contribution in [0.5, 0.6) is 0 Å². The molecule has 1 heterocycles. The first-order chi connectivity index (χ1) is 9.48. The van der Waals surface area contributed by atoms with E-state index in [1.807, 2.05) is 37.3 Å². The van der Waals surface area contributed by atoms with Crippen LogP contribution >= 0.6 is 0 Å². The number of carbonyl (C=O) groups is 2. The van der Waals surface area contributed by atoms with Gasteiger partial charge in [-0.2, -0.15) is 0 Å². The molecule has 5 heteroatoms. The Morgan fingerprint density at radius 1 is 1.40 bits per heavy atom. The lowest BCUT2D eigenvalue weighted by molar-refractivity contribution is -0.164. The van der Waals surface area contributed by atoms with Crippen LogP contribution in [0.3, 0.4) is 0 Å². The predicted molar refractivity (Wildman–Crippen MR) is 73.1 cm³/mol. The van der Waals surface area contributed by atoms with E-state index in [2.05, 4.69) is 0 Å². The second-order valence-electron chi connectivity index (χ2n) is 5.37. The number of ether oxygens (including phenoxy) is 1. The smallest absolute Gasteiger partial charge is 0.303 e. The highest BCUT2D eigenvalue weighted by Crippen LogP contribution is 2.24. The lowest BCUT2D eigenvalue weighted by atomic mass is 9.97. The first-order valence-corrected chi connectivity index (χ1v) is 6.66. The van der Waals surface area contributed by atoms with Crippen LogP contribution in [0.2, 0.25) is 0 Å². The van der Waals surface area contributed by atoms with Crippen molar-refractivity contribution in [1.82, 2.24) is 4.90 Å². The third kappa shape index (κ3) is 3.81. The average Bonchev–Trinajstić information content (AvgIpc) is 2.42. The first kappa shape index (κ1) is 14.5. The topological polar surface area (TPSA) is 66.8 Å². The summed E-state index contributed by atoms with van der Waals surface area (Å²) in [6.45, 7) is 2.84.